The highest BCUT2D eigenvalue weighted by Gasteiger charge is 2.24. The predicted molar refractivity (Wildman–Crippen MR) is 42.1 cm³/mol. The second-order valence-corrected chi connectivity index (χ2v) is 2.85. The van der Waals surface area contributed by atoms with Crippen LogP contribution in [0.3, 0.4) is 0 Å². The molecule has 2 heteroatoms. The first-order valence-electron chi connectivity index (χ1n) is 4.20. The van der Waals surface area contributed by atoms with Gasteiger partial charge in [-0.2, -0.15) is 0 Å². The number of likely N-dealkylation sites (N-methyl/N-ethyl adjacent to an activating group) is 1. The van der Waals surface area contributed by atoms with E-state index in [4.69, 9.17) is 4.74 Å². The highest BCUT2D eigenvalue weighted by Crippen LogP contribution is 2.10. The van der Waals surface area contributed by atoms with Crippen molar-refractivity contribution in [1.82, 2.24) is 4.90 Å². The molecule has 10 heavy (non-hydrogen) atoms. The van der Waals surface area contributed by atoms with Gasteiger partial charge in [-0.1, -0.05) is 13.8 Å². The number of rotatable bonds is 5. The molecule has 0 aromatic rings. The van der Waals surface area contributed by atoms with E-state index in [9.17, 15) is 0 Å². The zero-order valence-corrected chi connectivity index (χ0v) is 6.97. The minimum atomic E-state index is 0.562. The van der Waals surface area contributed by atoms with Crippen LogP contribution in [0, 0.1) is 0 Å². The van der Waals surface area contributed by atoms with Gasteiger partial charge in [-0.15, -0.1) is 0 Å². The molecule has 1 rings (SSSR count). The summed E-state index contributed by atoms with van der Waals surface area (Å²) in [6.07, 6.45) is 1.81. The number of hydrogen-bond acceptors (Lipinski definition) is 2. The molecule has 1 fully saturated rings. The van der Waals surface area contributed by atoms with E-state index in [0.717, 1.165) is 19.7 Å². The van der Waals surface area contributed by atoms with Crippen molar-refractivity contribution in [2.75, 3.05) is 26.2 Å². The van der Waals surface area contributed by atoms with Crippen LogP contribution in [0.25, 0.3) is 0 Å². The lowest BCUT2D eigenvalue weighted by Crippen LogP contribution is -2.28. The molecular formula is C8H17NO. The minimum Gasteiger partial charge on any atom is -0.372 e. The maximum atomic E-state index is 5.15. The van der Waals surface area contributed by atoms with E-state index in [-0.39, 0.29) is 0 Å². The van der Waals surface area contributed by atoms with Crippen LogP contribution >= 0.6 is 0 Å². The van der Waals surface area contributed by atoms with Crippen LogP contribution in [0.1, 0.15) is 20.3 Å². The average Bonchev–Trinajstić information content (AvgIpc) is 2.71. The molecule has 0 aliphatic carbocycles. The van der Waals surface area contributed by atoms with Gasteiger partial charge in [0.25, 0.3) is 0 Å². The van der Waals surface area contributed by atoms with Crippen molar-refractivity contribution in [2.24, 2.45) is 0 Å². The molecule has 1 saturated heterocycles. The van der Waals surface area contributed by atoms with Crippen LogP contribution in [0.4, 0.5) is 0 Å². The van der Waals surface area contributed by atoms with Gasteiger partial charge in [-0.25, -0.2) is 0 Å². The monoisotopic (exact) mass is 143 g/mol. The molecule has 1 atom stereocenters. The molecular weight excluding hydrogens is 126 g/mol. The van der Waals surface area contributed by atoms with Gasteiger partial charge in [0.2, 0.25) is 0 Å². The van der Waals surface area contributed by atoms with E-state index in [0.29, 0.717) is 6.10 Å². The normalized spacial score (nSPS) is 23.7. The first-order chi connectivity index (χ1) is 4.86. The summed E-state index contributed by atoms with van der Waals surface area (Å²) in [4.78, 5) is 2.44. The summed E-state index contributed by atoms with van der Waals surface area (Å²) in [6.45, 7) is 8.93. The van der Waals surface area contributed by atoms with Crippen molar-refractivity contribution < 1.29 is 4.74 Å². The first-order valence-corrected chi connectivity index (χ1v) is 4.20. The van der Waals surface area contributed by atoms with Gasteiger partial charge in [-0.3, -0.25) is 0 Å². The molecule has 2 nitrogen and oxygen atoms in total. The average molecular weight is 143 g/mol. The summed E-state index contributed by atoms with van der Waals surface area (Å²) >= 11 is 0. The van der Waals surface area contributed by atoms with Gasteiger partial charge in [0.05, 0.1) is 12.7 Å². The summed E-state index contributed by atoms with van der Waals surface area (Å²) in [6, 6.07) is 0. The van der Waals surface area contributed by atoms with Crippen molar-refractivity contribution in [3.63, 3.8) is 0 Å². The van der Waals surface area contributed by atoms with E-state index in [1.165, 1.54) is 13.0 Å². The Hall–Kier alpha value is -0.0800. The molecule has 0 unspecified atom stereocenters. The third kappa shape index (κ3) is 2.67. The fraction of sp³-hybridized carbons (Fsp3) is 1.00. The molecule has 0 aromatic heterocycles. The number of ether oxygens (including phenoxy) is 1. The number of hydrogen-bond donors (Lipinski definition) is 0. The summed E-state index contributed by atoms with van der Waals surface area (Å²) in [5.41, 5.74) is 0. The predicted octanol–water partition coefficient (Wildman–Crippen LogP) is 1.12. The molecule has 0 aromatic carbocycles. The molecule has 0 bridgehead atoms. The summed E-state index contributed by atoms with van der Waals surface area (Å²) < 4.78 is 5.15. The van der Waals surface area contributed by atoms with Crippen LogP contribution in [-0.4, -0.2) is 37.2 Å². The van der Waals surface area contributed by atoms with E-state index in [1.807, 2.05) is 0 Å². The maximum Gasteiger partial charge on any atom is 0.0936 e. The molecule has 1 aliphatic rings. The Morgan fingerprint density at radius 3 is 2.60 bits per heavy atom. The van der Waals surface area contributed by atoms with Gasteiger partial charge in [0.1, 0.15) is 0 Å². The maximum absolute atomic E-state index is 5.15. The van der Waals surface area contributed by atoms with Crippen LogP contribution in [0.2, 0.25) is 0 Å². The highest BCUT2D eigenvalue weighted by molar-refractivity contribution is 4.73. The molecule has 0 radical (unpaired) electrons. The first kappa shape index (κ1) is 8.02. The zero-order chi connectivity index (χ0) is 7.40. The van der Waals surface area contributed by atoms with Crippen molar-refractivity contribution in [3.8, 4) is 0 Å². The zero-order valence-electron chi connectivity index (χ0n) is 6.97. The largest absolute Gasteiger partial charge is 0.372 e. The fourth-order valence-corrected chi connectivity index (χ4v) is 1.16. The van der Waals surface area contributed by atoms with Crippen molar-refractivity contribution in [3.05, 3.63) is 0 Å². The standard InChI is InChI=1S/C8H17NO/c1-3-5-9(4-2)6-8-7-10-8/h8H,3-7H2,1-2H3/t8-/m1/s1. The summed E-state index contributed by atoms with van der Waals surface area (Å²) in [5, 5.41) is 0. The third-order valence-corrected chi connectivity index (χ3v) is 1.85. The van der Waals surface area contributed by atoms with E-state index >= 15 is 0 Å². The quantitative estimate of drug-likeness (QED) is 0.536. The van der Waals surface area contributed by atoms with Crippen molar-refractivity contribution in [1.29, 1.82) is 0 Å². The fourth-order valence-electron chi connectivity index (χ4n) is 1.16. The van der Waals surface area contributed by atoms with E-state index in [2.05, 4.69) is 18.7 Å². The second kappa shape index (κ2) is 3.94. The lowest BCUT2D eigenvalue weighted by atomic mass is 10.3. The number of nitrogens with zero attached hydrogens (tertiary/aromatic N) is 1. The Kier molecular flexibility index (Phi) is 3.16. The van der Waals surface area contributed by atoms with Crippen LogP contribution < -0.4 is 0 Å². The van der Waals surface area contributed by atoms with Gasteiger partial charge in [0.15, 0.2) is 0 Å². The molecule has 60 valence electrons. The van der Waals surface area contributed by atoms with Gasteiger partial charge < -0.3 is 9.64 Å². The van der Waals surface area contributed by atoms with Crippen molar-refractivity contribution >= 4 is 0 Å². The lowest BCUT2D eigenvalue weighted by Gasteiger charge is -2.17. The molecule has 1 heterocycles. The molecule has 1 aliphatic heterocycles. The second-order valence-electron chi connectivity index (χ2n) is 2.85. The van der Waals surface area contributed by atoms with Gasteiger partial charge >= 0.3 is 0 Å². The molecule has 0 spiro atoms. The smallest absolute Gasteiger partial charge is 0.0936 e. The number of epoxide rings is 1. The Bertz CT molecular complexity index is 91.3. The Morgan fingerprint density at radius 2 is 2.20 bits per heavy atom. The topological polar surface area (TPSA) is 15.8 Å². The van der Waals surface area contributed by atoms with Crippen LogP contribution in [-0.2, 0) is 4.74 Å². The summed E-state index contributed by atoms with van der Waals surface area (Å²) in [7, 11) is 0. The lowest BCUT2D eigenvalue weighted by molar-refractivity contribution is 0.252. The summed E-state index contributed by atoms with van der Waals surface area (Å²) in [5.74, 6) is 0. The van der Waals surface area contributed by atoms with Crippen molar-refractivity contribution in [2.45, 2.75) is 26.4 Å². The van der Waals surface area contributed by atoms with Crippen LogP contribution in [0.5, 0.6) is 0 Å². The Labute approximate surface area is 63.2 Å². The van der Waals surface area contributed by atoms with Gasteiger partial charge in [0, 0.05) is 6.54 Å². The Morgan fingerprint density at radius 1 is 1.50 bits per heavy atom. The molecule has 0 N–H and O–H groups in total. The highest BCUT2D eigenvalue weighted by atomic mass is 16.6. The third-order valence-electron chi connectivity index (χ3n) is 1.85. The van der Waals surface area contributed by atoms with Crippen LogP contribution in [0.15, 0.2) is 0 Å². The molecule has 0 amide bonds. The Balaban J connectivity index is 2.05. The minimum absolute atomic E-state index is 0.562. The van der Waals surface area contributed by atoms with E-state index in [1.54, 1.807) is 0 Å². The SMILES string of the molecule is CCCN(CC)C[C@@H]1CO1. The van der Waals surface area contributed by atoms with Gasteiger partial charge in [-0.05, 0) is 19.5 Å². The van der Waals surface area contributed by atoms with E-state index < -0.39 is 0 Å². The molecule has 0 saturated carbocycles.